The molecule has 0 saturated carbocycles. The molecule has 2 rings (SSSR count). The molecule has 0 aliphatic rings. The zero-order valence-electron chi connectivity index (χ0n) is 9.37. The average Bonchev–Trinajstić information content (AvgIpc) is 2.78. The molecule has 1 amide bonds. The first-order valence-electron chi connectivity index (χ1n) is 5.59. The maximum absolute atomic E-state index is 11.7. The number of aromatic nitrogens is 2. The number of hydrogen-bond donors (Lipinski definition) is 2. The molecule has 0 aliphatic heterocycles. The smallest absolute Gasteiger partial charge is 0.224 e. The van der Waals surface area contributed by atoms with Gasteiger partial charge in [0.25, 0.3) is 0 Å². The summed E-state index contributed by atoms with van der Waals surface area (Å²) in [4.78, 5) is 11.7. The van der Waals surface area contributed by atoms with E-state index in [1.54, 1.807) is 6.20 Å². The van der Waals surface area contributed by atoms with Crippen molar-refractivity contribution in [2.75, 3.05) is 10.6 Å². The van der Waals surface area contributed by atoms with Crippen molar-refractivity contribution in [3.63, 3.8) is 0 Å². The fourth-order valence-corrected chi connectivity index (χ4v) is 2.07. The van der Waals surface area contributed by atoms with E-state index < -0.39 is 0 Å². The number of carbonyl (C=O) groups excluding carboxylic acids is 1. The van der Waals surface area contributed by atoms with Crippen LogP contribution < -0.4 is 5.32 Å². The van der Waals surface area contributed by atoms with Gasteiger partial charge in [-0.05, 0) is 25.0 Å². The van der Waals surface area contributed by atoms with Crippen molar-refractivity contribution in [1.82, 2.24) is 10.2 Å². The van der Waals surface area contributed by atoms with Crippen LogP contribution >= 0.6 is 15.9 Å². The zero-order valence-corrected chi connectivity index (χ0v) is 11.0. The van der Waals surface area contributed by atoms with E-state index in [0.29, 0.717) is 6.42 Å². The lowest BCUT2D eigenvalue weighted by Gasteiger charge is -2.05. The van der Waals surface area contributed by atoms with Gasteiger partial charge in [-0.15, -0.1) is 0 Å². The Morgan fingerprint density at radius 3 is 3.12 bits per heavy atom. The first-order chi connectivity index (χ1) is 8.31. The lowest BCUT2D eigenvalue weighted by Crippen LogP contribution is -2.11. The van der Waals surface area contributed by atoms with Crippen molar-refractivity contribution in [2.45, 2.75) is 19.3 Å². The van der Waals surface area contributed by atoms with E-state index in [1.165, 1.54) is 0 Å². The molecular formula is C12H14BrN3O. The Labute approximate surface area is 108 Å². The van der Waals surface area contributed by atoms with Crippen LogP contribution in [-0.2, 0) is 4.79 Å². The third-order valence-corrected chi connectivity index (χ3v) is 3.11. The number of nitrogens with zero attached hydrogens (tertiary/aromatic N) is 1. The van der Waals surface area contributed by atoms with E-state index in [0.717, 1.165) is 34.8 Å². The van der Waals surface area contributed by atoms with E-state index in [1.807, 2.05) is 18.2 Å². The van der Waals surface area contributed by atoms with Crippen LogP contribution in [0.4, 0.5) is 5.69 Å². The first-order valence-corrected chi connectivity index (χ1v) is 6.71. The van der Waals surface area contributed by atoms with Crippen LogP contribution in [0.3, 0.4) is 0 Å². The van der Waals surface area contributed by atoms with Crippen LogP contribution in [0.25, 0.3) is 10.9 Å². The number of alkyl halides is 1. The quantitative estimate of drug-likeness (QED) is 0.658. The molecule has 0 spiro atoms. The van der Waals surface area contributed by atoms with Gasteiger partial charge in [0.05, 0.1) is 17.4 Å². The van der Waals surface area contributed by atoms with Crippen LogP contribution in [0, 0.1) is 0 Å². The maximum Gasteiger partial charge on any atom is 0.224 e. The third-order valence-electron chi connectivity index (χ3n) is 2.55. The monoisotopic (exact) mass is 295 g/mol. The molecule has 1 aromatic carbocycles. The van der Waals surface area contributed by atoms with Gasteiger partial charge in [-0.3, -0.25) is 9.89 Å². The van der Waals surface area contributed by atoms with E-state index in [9.17, 15) is 4.79 Å². The second kappa shape index (κ2) is 5.82. The van der Waals surface area contributed by atoms with Crippen LogP contribution in [0.15, 0.2) is 24.4 Å². The number of unbranched alkanes of at least 4 members (excludes halogenated alkanes) is 1. The fourth-order valence-electron chi connectivity index (χ4n) is 1.67. The Morgan fingerprint density at radius 2 is 2.29 bits per heavy atom. The molecule has 0 saturated heterocycles. The summed E-state index contributed by atoms with van der Waals surface area (Å²) in [5, 5.41) is 11.6. The molecule has 17 heavy (non-hydrogen) atoms. The number of fused-ring (bicyclic) bond motifs is 1. The third kappa shape index (κ3) is 3.06. The Hall–Kier alpha value is -1.36. The lowest BCUT2D eigenvalue weighted by atomic mass is 10.2. The minimum absolute atomic E-state index is 0.0552. The number of aromatic amines is 1. The second-order valence-corrected chi connectivity index (χ2v) is 4.62. The van der Waals surface area contributed by atoms with Gasteiger partial charge in [0.2, 0.25) is 5.91 Å². The number of benzene rings is 1. The molecule has 90 valence electrons. The SMILES string of the molecule is O=C(CCCCBr)Nc1cccc2[nH]ncc12. The number of rotatable bonds is 5. The van der Waals surface area contributed by atoms with Crippen LogP contribution in [0.5, 0.6) is 0 Å². The Bertz CT molecular complexity index is 509. The predicted octanol–water partition coefficient (Wildman–Crippen LogP) is 3.07. The number of H-pyrrole nitrogens is 1. The zero-order chi connectivity index (χ0) is 12.1. The van der Waals surface area contributed by atoms with Gasteiger partial charge in [-0.2, -0.15) is 5.10 Å². The summed E-state index contributed by atoms with van der Waals surface area (Å²) < 4.78 is 0. The standard InChI is InChI=1S/C12H14BrN3O/c13-7-2-1-6-12(17)15-10-4-3-5-11-9(10)8-14-16-11/h3-5,8H,1-2,6-7H2,(H,14,16)(H,15,17). The summed E-state index contributed by atoms with van der Waals surface area (Å²) in [6.07, 6.45) is 4.20. The van der Waals surface area contributed by atoms with Gasteiger partial charge < -0.3 is 5.32 Å². The summed E-state index contributed by atoms with van der Waals surface area (Å²) >= 11 is 3.35. The highest BCUT2D eigenvalue weighted by atomic mass is 79.9. The normalized spacial score (nSPS) is 10.6. The Balaban J connectivity index is 2.03. The van der Waals surface area contributed by atoms with Crippen LogP contribution in [-0.4, -0.2) is 21.4 Å². The Morgan fingerprint density at radius 1 is 1.41 bits per heavy atom. The number of nitrogens with one attached hydrogen (secondary N) is 2. The number of anilines is 1. The molecule has 0 fully saturated rings. The van der Waals surface area contributed by atoms with Crippen LogP contribution in [0.2, 0.25) is 0 Å². The van der Waals surface area contributed by atoms with Crippen molar-refractivity contribution in [2.24, 2.45) is 0 Å². The van der Waals surface area contributed by atoms with Gasteiger partial charge in [-0.25, -0.2) is 0 Å². The van der Waals surface area contributed by atoms with Gasteiger partial charge in [0.15, 0.2) is 0 Å². The Kier molecular flexibility index (Phi) is 4.14. The molecule has 0 atom stereocenters. The van der Waals surface area contributed by atoms with Gasteiger partial charge >= 0.3 is 0 Å². The van der Waals surface area contributed by atoms with Crippen molar-refractivity contribution >= 4 is 38.4 Å². The molecule has 0 radical (unpaired) electrons. The molecule has 1 aromatic heterocycles. The molecule has 0 bridgehead atoms. The molecule has 5 heteroatoms. The highest BCUT2D eigenvalue weighted by molar-refractivity contribution is 9.09. The highest BCUT2D eigenvalue weighted by Crippen LogP contribution is 2.21. The average molecular weight is 296 g/mol. The number of amides is 1. The van der Waals surface area contributed by atoms with Crippen molar-refractivity contribution in [1.29, 1.82) is 0 Å². The molecule has 4 nitrogen and oxygen atoms in total. The molecule has 2 N–H and O–H groups in total. The minimum atomic E-state index is 0.0552. The van der Waals surface area contributed by atoms with E-state index >= 15 is 0 Å². The van der Waals surface area contributed by atoms with Gasteiger partial charge in [-0.1, -0.05) is 22.0 Å². The summed E-state index contributed by atoms with van der Waals surface area (Å²) in [5.41, 5.74) is 1.75. The predicted molar refractivity (Wildman–Crippen MR) is 72.4 cm³/mol. The van der Waals surface area contributed by atoms with Crippen molar-refractivity contribution in [3.05, 3.63) is 24.4 Å². The fraction of sp³-hybridized carbons (Fsp3) is 0.333. The van der Waals surface area contributed by atoms with Gasteiger partial charge in [0.1, 0.15) is 0 Å². The topological polar surface area (TPSA) is 57.8 Å². The van der Waals surface area contributed by atoms with E-state index in [4.69, 9.17) is 0 Å². The van der Waals surface area contributed by atoms with E-state index in [-0.39, 0.29) is 5.91 Å². The summed E-state index contributed by atoms with van der Waals surface area (Å²) in [6.45, 7) is 0. The molecular weight excluding hydrogens is 282 g/mol. The number of carbonyl (C=O) groups is 1. The van der Waals surface area contributed by atoms with Crippen molar-refractivity contribution in [3.8, 4) is 0 Å². The lowest BCUT2D eigenvalue weighted by molar-refractivity contribution is -0.116. The second-order valence-electron chi connectivity index (χ2n) is 3.83. The molecule has 2 aromatic rings. The van der Waals surface area contributed by atoms with E-state index in [2.05, 4.69) is 31.4 Å². The van der Waals surface area contributed by atoms with Crippen LogP contribution in [0.1, 0.15) is 19.3 Å². The maximum atomic E-state index is 11.7. The number of halogens is 1. The number of hydrogen-bond acceptors (Lipinski definition) is 2. The largest absolute Gasteiger partial charge is 0.325 e. The molecule has 0 unspecified atom stereocenters. The molecule has 1 heterocycles. The molecule has 0 aliphatic carbocycles. The highest BCUT2D eigenvalue weighted by Gasteiger charge is 2.06. The summed E-state index contributed by atoms with van der Waals surface area (Å²) in [6, 6.07) is 5.72. The summed E-state index contributed by atoms with van der Waals surface area (Å²) in [5.74, 6) is 0.0552. The van der Waals surface area contributed by atoms with Gasteiger partial charge in [0, 0.05) is 17.1 Å². The minimum Gasteiger partial charge on any atom is -0.325 e. The first kappa shape index (κ1) is 12.1. The summed E-state index contributed by atoms with van der Waals surface area (Å²) in [7, 11) is 0. The van der Waals surface area contributed by atoms with Crippen molar-refractivity contribution < 1.29 is 4.79 Å².